The number of nitrogens with zero attached hydrogens (tertiary/aromatic N) is 1. The molecule has 18 heavy (non-hydrogen) atoms. The number of aliphatic hydroxyl groups excluding tert-OH is 1. The number of hydrogen-bond acceptors (Lipinski definition) is 2. The maximum absolute atomic E-state index is 13.5. The molecule has 0 radical (unpaired) electrons. The van der Waals surface area contributed by atoms with Gasteiger partial charge >= 0.3 is 6.18 Å². The standard InChI is InChI=1S/C12H13F4NO/c13-11-2-1-9(12(14,15)16)5-8(11)6-17-4-3-10(18)7-17/h1-2,5,10,18H,3-4,6-7H2/t10-/m1/s1. The van der Waals surface area contributed by atoms with Crippen LogP contribution in [0.15, 0.2) is 18.2 Å². The van der Waals surface area contributed by atoms with Crippen LogP contribution in [0, 0.1) is 5.82 Å². The maximum atomic E-state index is 13.5. The fourth-order valence-electron chi connectivity index (χ4n) is 2.07. The van der Waals surface area contributed by atoms with Crippen LogP contribution < -0.4 is 0 Å². The number of β-amino-alcohol motifs (C(OH)–C–C–N with tert-alkyl or cyclic N) is 1. The van der Waals surface area contributed by atoms with E-state index in [1.165, 1.54) is 0 Å². The Kier molecular flexibility index (Phi) is 3.59. The Hall–Kier alpha value is -1.14. The quantitative estimate of drug-likeness (QED) is 0.828. The molecule has 1 N–H and O–H groups in total. The van der Waals surface area contributed by atoms with Gasteiger partial charge in [-0.25, -0.2) is 4.39 Å². The Morgan fingerprint density at radius 3 is 2.61 bits per heavy atom. The topological polar surface area (TPSA) is 23.5 Å². The van der Waals surface area contributed by atoms with Gasteiger partial charge in [-0.3, -0.25) is 4.90 Å². The van der Waals surface area contributed by atoms with Crippen LogP contribution in [0.5, 0.6) is 0 Å². The van der Waals surface area contributed by atoms with E-state index in [0.29, 0.717) is 19.5 Å². The zero-order chi connectivity index (χ0) is 13.3. The average molecular weight is 263 g/mol. The minimum absolute atomic E-state index is 0.0129. The van der Waals surface area contributed by atoms with Crippen molar-refractivity contribution in [2.24, 2.45) is 0 Å². The van der Waals surface area contributed by atoms with Crippen LogP contribution in [0.3, 0.4) is 0 Å². The van der Waals surface area contributed by atoms with Crippen molar-refractivity contribution < 1.29 is 22.7 Å². The molecular formula is C12H13F4NO. The average Bonchev–Trinajstić information content (AvgIpc) is 2.66. The molecule has 0 bridgehead atoms. The van der Waals surface area contributed by atoms with E-state index in [0.717, 1.165) is 18.2 Å². The third kappa shape index (κ3) is 3.00. The first-order valence-corrected chi connectivity index (χ1v) is 5.62. The molecule has 2 nitrogen and oxygen atoms in total. The Balaban J connectivity index is 2.16. The zero-order valence-electron chi connectivity index (χ0n) is 9.54. The minimum Gasteiger partial charge on any atom is -0.392 e. The molecule has 1 fully saturated rings. The maximum Gasteiger partial charge on any atom is 0.416 e. The molecule has 0 aromatic heterocycles. The van der Waals surface area contributed by atoms with Gasteiger partial charge in [-0.15, -0.1) is 0 Å². The number of aliphatic hydroxyl groups is 1. The van der Waals surface area contributed by atoms with E-state index in [9.17, 15) is 22.7 Å². The Morgan fingerprint density at radius 2 is 2.06 bits per heavy atom. The van der Waals surface area contributed by atoms with Crippen molar-refractivity contribution in [3.63, 3.8) is 0 Å². The summed E-state index contributed by atoms with van der Waals surface area (Å²) in [5.74, 6) is -0.649. The van der Waals surface area contributed by atoms with Gasteiger partial charge in [-0.05, 0) is 24.6 Å². The van der Waals surface area contributed by atoms with Crippen LogP contribution in [0.1, 0.15) is 17.5 Å². The van der Waals surface area contributed by atoms with Crippen molar-refractivity contribution in [1.29, 1.82) is 0 Å². The summed E-state index contributed by atoms with van der Waals surface area (Å²) in [5.41, 5.74) is -0.836. The first-order chi connectivity index (χ1) is 8.36. The minimum atomic E-state index is -4.47. The Labute approximate surface area is 102 Å². The molecule has 6 heteroatoms. The van der Waals surface area contributed by atoms with E-state index in [-0.39, 0.29) is 12.1 Å². The van der Waals surface area contributed by atoms with Crippen molar-refractivity contribution in [3.8, 4) is 0 Å². The van der Waals surface area contributed by atoms with Gasteiger partial charge < -0.3 is 5.11 Å². The van der Waals surface area contributed by atoms with Gasteiger partial charge in [0, 0.05) is 25.2 Å². The van der Waals surface area contributed by atoms with Crippen LogP contribution in [-0.4, -0.2) is 29.2 Å². The summed E-state index contributed by atoms with van der Waals surface area (Å²) in [6.45, 7) is 1.03. The lowest BCUT2D eigenvalue weighted by atomic mass is 10.1. The second kappa shape index (κ2) is 4.85. The van der Waals surface area contributed by atoms with Gasteiger partial charge in [0.2, 0.25) is 0 Å². The van der Waals surface area contributed by atoms with Gasteiger partial charge in [0.05, 0.1) is 11.7 Å². The molecule has 0 saturated carbocycles. The fourth-order valence-corrected chi connectivity index (χ4v) is 2.07. The fraction of sp³-hybridized carbons (Fsp3) is 0.500. The van der Waals surface area contributed by atoms with Crippen molar-refractivity contribution in [3.05, 3.63) is 35.1 Å². The third-order valence-electron chi connectivity index (χ3n) is 3.01. The first-order valence-electron chi connectivity index (χ1n) is 5.62. The lowest BCUT2D eigenvalue weighted by molar-refractivity contribution is -0.137. The van der Waals surface area contributed by atoms with Crippen molar-refractivity contribution >= 4 is 0 Å². The number of halogens is 4. The lowest BCUT2D eigenvalue weighted by Gasteiger charge is -2.16. The van der Waals surface area contributed by atoms with Gasteiger partial charge in [-0.2, -0.15) is 13.2 Å². The van der Waals surface area contributed by atoms with E-state index in [2.05, 4.69) is 0 Å². The predicted octanol–water partition coefficient (Wildman–Crippen LogP) is 2.41. The molecule has 2 rings (SSSR count). The second-order valence-electron chi connectivity index (χ2n) is 4.48. The molecule has 1 saturated heterocycles. The number of benzene rings is 1. The second-order valence-corrected chi connectivity index (χ2v) is 4.48. The number of hydrogen-bond donors (Lipinski definition) is 1. The van der Waals surface area contributed by atoms with Gasteiger partial charge in [0.15, 0.2) is 0 Å². The first kappa shape index (κ1) is 13.3. The molecule has 1 aliphatic rings. The summed E-state index contributed by atoms with van der Waals surface area (Å²) in [5, 5.41) is 9.32. The molecule has 0 aliphatic carbocycles. The highest BCUT2D eigenvalue weighted by Gasteiger charge is 2.31. The molecule has 100 valence electrons. The smallest absolute Gasteiger partial charge is 0.392 e. The highest BCUT2D eigenvalue weighted by molar-refractivity contribution is 5.27. The summed E-state index contributed by atoms with van der Waals surface area (Å²) in [4.78, 5) is 1.74. The molecule has 1 aromatic carbocycles. The van der Waals surface area contributed by atoms with Crippen molar-refractivity contribution in [2.75, 3.05) is 13.1 Å². The largest absolute Gasteiger partial charge is 0.416 e. The van der Waals surface area contributed by atoms with E-state index >= 15 is 0 Å². The van der Waals surface area contributed by atoms with Crippen LogP contribution in [-0.2, 0) is 12.7 Å². The molecule has 0 unspecified atom stereocenters. The molecule has 0 spiro atoms. The summed E-state index contributed by atoms with van der Waals surface area (Å²) in [6.07, 6.45) is -4.37. The number of likely N-dealkylation sites (tertiary alicyclic amines) is 1. The number of rotatable bonds is 2. The lowest BCUT2D eigenvalue weighted by Crippen LogP contribution is -2.22. The highest BCUT2D eigenvalue weighted by Crippen LogP contribution is 2.30. The van der Waals surface area contributed by atoms with Crippen LogP contribution in [0.25, 0.3) is 0 Å². The summed E-state index contributed by atoms with van der Waals surface area (Å²) in [7, 11) is 0. The van der Waals surface area contributed by atoms with Gasteiger partial charge in [0.25, 0.3) is 0 Å². The van der Waals surface area contributed by atoms with Crippen LogP contribution >= 0.6 is 0 Å². The molecule has 0 amide bonds. The SMILES string of the molecule is O[C@@H]1CCN(Cc2cc(C(F)(F)F)ccc2F)C1. The van der Waals surface area contributed by atoms with Gasteiger partial charge in [0.1, 0.15) is 5.82 Å². The van der Waals surface area contributed by atoms with Gasteiger partial charge in [-0.1, -0.05) is 0 Å². The zero-order valence-corrected chi connectivity index (χ0v) is 9.54. The van der Waals surface area contributed by atoms with Crippen molar-refractivity contribution in [2.45, 2.75) is 25.2 Å². The normalized spacial score (nSPS) is 21.5. The van der Waals surface area contributed by atoms with E-state index < -0.39 is 23.7 Å². The number of alkyl halides is 3. The van der Waals surface area contributed by atoms with E-state index in [1.54, 1.807) is 4.90 Å². The van der Waals surface area contributed by atoms with E-state index in [4.69, 9.17) is 0 Å². The van der Waals surface area contributed by atoms with Crippen molar-refractivity contribution in [1.82, 2.24) is 4.90 Å². The summed E-state index contributed by atoms with van der Waals surface area (Å²) >= 11 is 0. The Bertz CT molecular complexity index is 433. The predicted molar refractivity (Wildman–Crippen MR) is 57.3 cm³/mol. The molecule has 1 aliphatic heterocycles. The summed E-state index contributed by atoms with van der Waals surface area (Å²) in [6, 6.07) is 2.41. The van der Waals surface area contributed by atoms with Crippen LogP contribution in [0.4, 0.5) is 17.6 Å². The molecular weight excluding hydrogens is 250 g/mol. The molecule has 1 aromatic rings. The molecule has 1 heterocycles. The Morgan fingerprint density at radius 1 is 1.33 bits per heavy atom. The molecule has 1 atom stereocenters. The monoisotopic (exact) mass is 263 g/mol. The van der Waals surface area contributed by atoms with Crippen LogP contribution in [0.2, 0.25) is 0 Å². The third-order valence-corrected chi connectivity index (χ3v) is 3.01. The van der Waals surface area contributed by atoms with E-state index in [1.807, 2.05) is 0 Å². The summed E-state index contributed by atoms with van der Waals surface area (Å²) < 4.78 is 50.9. The highest BCUT2D eigenvalue weighted by atomic mass is 19.4.